The summed E-state index contributed by atoms with van der Waals surface area (Å²) in [6.45, 7) is 6.60. The average Bonchev–Trinajstić information content (AvgIpc) is 2.71. The number of hydrogen-bond donors (Lipinski definition) is 1. The predicted octanol–water partition coefficient (Wildman–Crippen LogP) is 4.60. The van der Waals surface area contributed by atoms with Gasteiger partial charge in [0, 0.05) is 4.88 Å². The summed E-state index contributed by atoms with van der Waals surface area (Å²) in [7, 11) is 0. The topological polar surface area (TPSA) is 46.5 Å². The fourth-order valence-electron chi connectivity index (χ4n) is 3.18. The number of aromatic carboxylic acids is 1. The van der Waals surface area contributed by atoms with Gasteiger partial charge in [0.1, 0.15) is 5.75 Å². The number of carboxylic acid groups (broad SMARTS) is 1. The summed E-state index contributed by atoms with van der Waals surface area (Å²) in [4.78, 5) is 12.8. The first kappa shape index (κ1) is 15.4. The number of carbonyl (C=O) groups is 1. The van der Waals surface area contributed by atoms with Crippen LogP contribution in [0.25, 0.3) is 0 Å². The Bertz CT molecular complexity index is 456. The minimum absolute atomic E-state index is 0.163. The van der Waals surface area contributed by atoms with Crippen LogP contribution in [0.1, 0.15) is 61.0 Å². The van der Waals surface area contributed by atoms with E-state index in [9.17, 15) is 9.90 Å². The van der Waals surface area contributed by atoms with Crippen LogP contribution in [0.3, 0.4) is 0 Å². The molecule has 2 atom stereocenters. The molecule has 0 spiro atoms. The molecular formula is C16H24O3S. The lowest BCUT2D eigenvalue weighted by Crippen LogP contribution is -2.28. The van der Waals surface area contributed by atoms with Gasteiger partial charge in [-0.15, -0.1) is 11.3 Å². The molecular weight excluding hydrogens is 272 g/mol. The van der Waals surface area contributed by atoms with E-state index in [4.69, 9.17) is 4.74 Å². The van der Waals surface area contributed by atoms with Crippen LogP contribution in [-0.2, 0) is 6.42 Å². The molecule has 2 unspecified atom stereocenters. The molecule has 2 rings (SSSR count). The largest absolute Gasteiger partial charge is 0.489 e. The minimum atomic E-state index is -0.871. The summed E-state index contributed by atoms with van der Waals surface area (Å²) in [6, 6.07) is 1.93. The molecule has 1 fully saturated rings. The number of rotatable bonds is 5. The molecule has 3 nitrogen and oxygen atoms in total. The molecule has 1 aliphatic rings. The van der Waals surface area contributed by atoms with Crippen molar-refractivity contribution >= 4 is 17.3 Å². The lowest BCUT2D eigenvalue weighted by atomic mass is 9.82. The second kappa shape index (κ2) is 6.61. The molecule has 1 N–H and O–H groups in total. The molecule has 0 bridgehead atoms. The van der Waals surface area contributed by atoms with E-state index >= 15 is 0 Å². The summed E-state index contributed by atoms with van der Waals surface area (Å²) in [5.41, 5.74) is 0. The van der Waals surface area contributed by atoms with Crippen molar-refractivity contribution in [3.05, 3.63) is 15.8 Å². The zero-order chi connectivity index (χ0) is 14.7. The molecule has 0 amide bonds. The van der Waals surface area contributed by atoms with E-state index in [1.54, 1.807) is 0 Å². The van der Waals surface area contributed by atoms with Gasteiger partial charge in [0.25, 0.3) is 0 Å². The number of hydrogen-bond acceptors (Lipinski definition) is 3. The Labute approximate surface area is 125 Å². The van der Waals surface area contributed by atoms with Gasteiger partial charge in [-0.05, 0) is 43.6 Å². The average molecular weight is 296 g/mol. The Morgan fingerprint density at radius 1 is 1.35 bits per heavy atom. The van der Waals surface area contributed by atoms with Crippen molar-refractivity contribution in [3.8, 4) is 5.75 Å². The smallest absolute Gasteiger partial charge is 0.349 e. The summed E-state index contributed by atoms with van der Waals surface area (Å²) in [6.07, 6.45) is 5.42. The monoisotopic (exact) mass is 296 g/mol. The maximum atomic E-state index is 11.3. The molecule has 0 saturated heterocycles. The maximum Gasteiger partial charge on any atom is 0.349 e. The van der Waals surface area contributed by atoms with Gasteiger partial charge in [-0.1, -0.05) is 27.2 Å². The zero-order valence-corrected chi connectivity index (χ0v) is 13.3. The van der Waals surface area contributed by atoms with Crippen LogP contribution in [0, 0.1) is 11.8 Å². The number of carboxylic acids is 1. The highest BCUT2D eigenvalue weighted by Crippen LogP contribution is 2.35. The second-order valence-corrected chi connectivity index (χ2v) is 7.26. The summed E-state index contributed by atoms with van der Waals surface area (Å²) < 4.78 is 6.05. The third kappa shape index (κ3) is 3.75. The summed E-state index contributed by atoms with van der Waals surface area (Å²) >= 11 is 1.36. The van der Waals surface area contributed by atoms with E-state index in [0.717, 1.165) is 30.6 Å². The first-order valence-corrected chi connectivity index (χ1v) is 8.33. The van der Waals surface area contributed by atoms with Crippen LogP contribution < -0.4 is 4.74 Å². The fourth-order valence-corrected chi connectivity index (χ4v) is 4.21. The Hall–Kier alpha value is -1.03. The summed E-state index contributed by atoms with van der Waals surface area (Å²) in [5, 5.41) is 9.31. The SMILES string of the molecule is CCCc1cc(OC2CC(C)CC(C)C2)c(C(=O)O)s1. The first-order chi connectivity index (χ1) is 9.49. The number of aryl methyl sites for hydroxylation is 1. The molecule has 112 valence electrons. The molecule has 1 aliphatic carbocycles. The van der Waals surface area contributed by atoms with Crippen molar-refractivity contribution < 1.29 is 14.6 Å². The fraction of sp³-hybridized carbons (Fsp3) is 0.688. The van der Waals surface area contributed by atoms with E-state index < -0.39 is 5.97 Å². The molecule has 0 aliphatic heterocycles. The van der Waals surface area contributed by atoms with Crippen LogP contribution in [0.15, 0.2) is 6.07 Å². The number of ether oxygens (including phenoxy) is 1. The van der Waals surface area contributed by atoms with Crippen molar-refractivity contribution in [2.75, 3.05) is 0 Å². The van der Waals surface area contributed by atoms with E-state index in [2.05, 4.69) is 20.8 Å². The van der Waals surface area contributed by atoms with Crippen molar-refractivity contribution in [1.82, 2.24) is 0 Å². The molecule has 1 aromatic rings. The quantitative estimate of drug-likeness (QED) is 0.863. The van der Waals surface area contributed by atoms with Crippen LogP contribution in [0.5, 0.6) is 5.75 Å². The van der Waals surface area contributed by atoms with Gasteiger partial charge in [-0.3, -0.25) is 0 Å². The standard InChI is InChI=1S/C16H24O3S/c1-4-5-13-9-14(15(20-13)16(17)18)19-12-7-10(2)6-11(3)8-12/h9-12H,4-8H2,1-3H3,(H,17,18). The maximum absolute atomic E-state index is 11.3. The Morgan fingerprint density at radius 2 is 2.00 bits per heavy atom. The van der Waals surface area contributed by atoms with Gasteiger partial charge < -0.3 is 9.84 Å². The highest BCUT2D eigenvalue weighted by Gasteiger charge is 2.27. The Kier molecular flexibility index (Phi) is 5.08. The zero-order valence-electron chi connectivity index (χ0n) is 12.5. The van der Waals surface area contributed by atoms with E-state index in [1.807, 2.05) is 6.07 Å². The molecule has 0 radical (unpaired) electrons. The van der Waals surface area contributed by atoms with E-state index in [-0.39, 0.29) is 6.10 Å². The van der Waals surface area contributed by atoms with Gasteiger partial charge >= 0.3 is 5.97 Å². The number of thiophene rings is 1. The highest BCUT2D eigenvalue weighted by molar-refractivity contribution is 7.14. The van der Waals surface area contributed by atoms with Crippen LogP contribution in [0.4, 0.5) is 0 Å². The van der Waals surface area contributed by atoms with Crippen molar-refractivity contribution in [3.63, 3.8) is 0 Å². The third-order valence-corrected chi connectivity index (χ3v) is 5.03. The van der Waals surface area contributed by atoms with Crippen LogP contribution >= 0.6 is 11.3 Å². The molecule has 0 aromatic carbocycles. The van der Waals surface area contributed by atoms with Crippen LogP contribution in [0.2, 0.25) is 0 Å². The lowest BCUT2D eigenvalue weighted by Gasteiger charge is -2.31. The lowest BCUT2D eigenvalue weighted by molar-refractivity contribution is 0.0683. The first-order valence-electron chi connectivity index (χ1n) is 7.52. The van der Waals surface area contributed by atoms with Gasteiger partial charge in [0.05, 0.1) is 6.10 Å². The molecule has 1 aromatic heterocycles. The summed E-state index contributed by atoms with van der Waals surface area (Å²) in [5.74, 6) is 1.03. The molecule has 1 heterocycles. The molecule has 1 saturated carbocycles. The minimum Gasteiger partial charge on any atom is -0.489 e. The van der Waals surface area contributed by atoms with Crippen LogP contribution in [-0.4, -0.2) is 17.2 Å². The van der Waals surface area contributed by atoms with E-state index in [0.29, 0.717) is 22.5 Å². The predicted molar refractivity (Wildman–Crippen MR) is 81.9 cm³/mol. The Balaban J connectivity index is 2.13. The van der Waals surface area contributed by atoms with E-state index in [1.165, 1.54) is 17.8 Å². The second-order valence-electron chi connectivity index (χ2n) is 6.12. The van der Waals surface area contributed by atoms with Gasteiger partial charge in [-0.25, -0.2) is 4.79 Å². The van der Waals surface area contributed by atoms with Gasteiger partial charge in [-0.2, -0.15) is 0 Å². The van der Waals surface area contributed by atoms with Gasteiger partial charge in [0.2, 0.25) is 0 Å². The van der Waals surface area contributed by atoms with Gasteiger partial charge in [0.15, 0.2) is 4.88 Å². The van der Waals surface area contributed by atoms with Crippen molar-refractivity contribution in [2.45, 2.75) is 59.0 Å². The third-order valence-electron chi connectivity index (χ3n) is 3.87. The normalized spacial score (nSPS) is 26.4. The molecule has 20 heavy (non-hydrogen) atoms. The molecule has 4 heteroatoms. The highest BCUT2D eigenvalue weighted by atomic mass is 32.1. The Morgan fingerprint density at radius 3 is 2.55 bits per heavy atom. The van der Waals surface area contributed by atoms with Crippen molar-refractivity contribution in [2.24, 2.45) is 11.8 Å². The van der Waals surface area contributed by atoms with Crippen molar-refractivity contribution in [1.29, 1.82) is 0 Å².